The van der Waals surface area contributed by atoms with E-state index in [4.69, 9.17) is 4.84 Å². The molecule has 0 aromatic carbocycles. The summed E-state index contributed by atoms with van der Waals surface area (Å²) in [4.78, 5) is 7.65. The summed E-state index contributed by atoms with van der Waals surface area (Å²) in [5.41, 5.74) is 3.60. The molecule has 0 spiro atoms. The molecule has 2 heterocycles. The Morgan fingerprint density at radius 2 is 2.46 bits per heavy atom. The summed E-state index contributed by atoms with van der Waals surface area (Å²) in [5.74, 6) is 0. The van der Waals surface area contributed by atoms with Gasteiger partial charge < -0.3 is 4.84 Å². The third kappa shape index (κ3) is 1.49. The Kier molecular flexibility index (Phi) is 2.58. The molecule has 0 radical (unpaired) electrons. The minimum absolute atomic E-state index is 0.510. The number of nitrogens with zero attached hydrogens (tertiary/aromatic N) is 1. The number of hydrogen-bond acceptors (Lipinski definition) is 3. The summed E-state index contributed by atoms with van der Waals surface area (Å²) in [7, 11) is 1.71. The van der Waals surface area contributed by atoms with E-state index in [0.717, 1.165) is 0 Å². The second kappa shape index (κ2) is 3.56. The summed E-state index contributed by atoms with van der Waals surface area (Å²) in [6.45, 7) is 4.77. The van der Waals surface area contributed by atoms with Gasteiger partial charge >= 0.3 is 0 Å². The number of fused-ring (bicyclic) bond motifs is 1. The van der Waals surface area contributed by atoms with Crippen LogP contribution in [0.25, 0.3) is 0 Å². The van der Waals surface area contributed by atoms with E-state index in [9.17, 15) is 0 Å². The van der Waals surface area contributed by atoms with Crippen LogP contribution >= 0.6 is 0 Å². The largest absolute Gasteiger partial charge is 0.305 e. The van der Waals surface area contributed by atoms with Gasteiger partial charge in [-0.05, 0) is 32.2 Å². The van der Waals surface area contributed by atoms with Gasteiger partial charge in [-0.15, -0.1) is 0 Å². The van der Waals surface area contributed by atoms with Crippen LogP contribution in [0.1, 0.15) is 32.6 Å². The fourth-order valence-corrected chi connectivity index (χ4v) is 3.09. The normalized spacial score (nSPS) is 39.7. The summed E-state index contributed by atoms with van der Waals surface area (Å²) >= 11 is 0. The molecule has 3 heteroatoms. The van der Waals surface area contributed by atoms with Crippen molar-refractivity contribution >= 4 is 0 Å². The lowest BCUT2D eigenvalue weighted by molar-refractivity contribution is 0.0625. The first-order valence-corrected chi connectivity index (χ1v) is 5.34. The van der Waals surface area contributed by atoms with E-state index in [2.05, 4.69) is 17.3 Å². The second-order valence-corrected chi connectivity index (χ2v) is 4.35. The Hall–Kier alpha value is -0.120. The SMILES string of the molecule is CCC12CCCN1CC(NOC)C2. The lowest BCUT2D eigenvalue weighted by Crippen LogP contribution is -2.37. The first-order valence-electron chi connectivity index (χ1n) is 5.34. The smallest absolute Gasteiger partial charge is 0.0572 e. The van der Waals surface area contributed by atoms with Gasteiger partial charge in [-0.2, -0.15) is 5.48 Å². The van der Waals surface area contributed by atoms with Crippen molar-refractivity contribution in [3.05, 3.63) is 0 Å². The van der Waals surface area contributed by atoms with Crippen molar-refractivity contribution in [1.82, 2.24) is 10.4 Å². The monoisotopic (exact) mass is 184 g/mol. The fourth-order valence-electron chi connectivity index (χ4n) is 3.09. The van der Waals surface area contributed by atoms with Gasteiger partial charge in [0.25, 0.3) is 0 Å². The molecule has 0 bridgehead atoms. The maximum absolute atomic E-state index is 5.00. The van der Waals surface area contributed by atoms with Crippen molar-refractivity contribution in [3.63, 3.8) is 0 Å². The van der Waals surface area contributed by atoms with E-state index < -0.39 is 0 Å². The first-order chi connectivity index (χ1) is 6.30. The van der Waals surface area contributed by atoms with Gasteiger partial charge in [0.2, 0.25) is 0 Å². The zero-order valence-electron chi connectivity index (χ0n) is 8.68. The molecule has 2 aliphatic heterocycles. The van der Waals surface area contributed by atoms with Crippen LogP contribution in [0, 0.1) is 0 Å². The molecule has 0 saturated carbocycles. The Balaban J connectivity index is 2.00. The highest BCUT2D eigenvalue weighted by molar-refractivity contribution is 5.03. The maximum Gasteiger partial charge on any atom is 0.0572 e. The molecule has 1 N–H and O–H groups in total. The summed E-state index contributed by atoms with van der Waals surface area (Å²) < 4.78 is 0. The summed E-state index contributed by atoms with van der Waals surface area (Å²) in [5, 5.41) is 0. The summed E-state index contributed by atoms with van der Waals surface area (Å²) in [6.07, 6.45) is 5.31. The molecular formula is C10H20N2O. The highest BCUT2D eigenvalue weighted by Crippen LogP contribution is 2.41. The third-order valence-corrected chi connectivity index (χ3v) is 3.75. The molecule has 0 aliphatic carbocycles. The van der Waals surface area contributed by atoms with Crippen molar-refractivity contribution in [2.75, 3.05) is 20.2 Å². The molecule has 0 amide bonds. The molecule has 76 valence electrons. The van der Waals surface area contributed by atoms with Gasteiger partial charge in [-0.3, -0.25) is 4.90 Å². The van der Waals surface area contributed by atoms with Gasteiger partial charge in [0.15, 0.2) is 0 Å². The van der Waals surface area contributed by atoms with E-state index in [1.807, 2.05) is 0 Å². The van der Waals surface area contributed by atoms with Crippen molar-refractivity contribution in [1.29, 1.82) is 0 Å². The van der Waals surface area contributed by atoms with Crippen LogP contribution in [0.15, 0.2) is 0 Å². The van der Waals surface area contributed by atoms with Crippen LogP contribution < -0.4 is 5.48 Å². The quantitative estimate of drug-likeness (QED) is 0.666. The van der Waals surface area contributed by atoms with Crippen molar-refractivity contribution in [3.8, 4) is 0 Å². The molecule has 0 aromatic rings. The fraction of sp³-hybridized carbons (Fsp3) is 1.00. The predicted molar refractivity (Wildman–Crippen MR) is 52.4 cm³/mol. The van der Waals surface area contributed by atoms with Gasteiger partial charge in [-0.1, -0.05) is 6.92 Å². The number of nitrogens with one attached hydrogen (secondary N) is 1. The van der Waals surface area contributed by atoms with E-state index in [0.29, 0.717) is 11.6 Å². The molecule has 0 aromatic heterocycles. The molecule has 13 heavy (non-hydrogen) atoms. The van der Waals surface area contributed by atoms with Gasteiger partial charge in [0.05, 0.1) is 7.11 Å². The zero-order valence-corrected chi connectivity index (χ0v) is 8.68. The van der Waals surface area contributed by atoms with Crippen LogP contribution in [0.4, 0.5) is 0 Å². The predicted octanol–water partition coefficient (Wildman–Crippen LogP) is 1.15. The zero-order chi connectivity index (χ0) is 9.31. The molecule has 2 unspecified atom stereocenters. The Bertz CT molecular complexity index is 186. The Labute approximate surface area is 80.4 Å². The molecule has 2 rings (SSSR count). The van der Waals surface area contributed by atoms with Crippen LogP contribution in [0.2, 0.25) is 0 Å². The molecule has 2 atom stereocenters. The third-order valence-electron chi connectivity index (χ3n) is 3.75. The van der Waals surface area contributed by atoms with E-state index in [1.165, 1.54) is 38.8 Å². The standard InChI is InChI=1S/C10H20N2O/c1-3-10-5-4-6-12(10)8-9(7-10)11-13-2/h9,11H,3-8H2,1-2H3. The topological polar surface area (TPSA) is 24.5 Å². The second-order valence-electron chi connectivity index (χ2n) is 4.35. The van der Waals surface area contributed by atoms with Gasteiger partial charge in [0.1, 0.15) is 0 Å². The highest BCUT2D eigenvalue weighted by Gasteiger charge is 2.46. The Morgan fingerprint density at radius 3 is 3.08 bits per heavy atom. The van der Waals surface area contributed by atoms with Crippen LogP contribution in [-0.4, -0.2) is 36.7 Å². The van der Waals surface area contributed by atoms with Gasteiger partial charge in [-0.25, -0.2) is 0 Å². The van der Waals surface area contributed by atoms with Gasteiger partial charge in [0, 0.05) is 18.1 Å². The average Bonchev–Trinajstić information content (AvgIpc) is 2.61. The lowest BCUT2D eigenvalue weighted by Gasteiger charge is -2.30. The number of rotatable bonds is 3. The molecule has 3 nitrogen and oxygen atoms in total. The molecular weight excluding hydrogens is 164 g/mol. The molecule has 2 fully saturated rings. The Morgan fingerprint density at radius 1 is 1.62 bits per heavy atom. The maximum atomic E-state index is 5.00. The number of hydroxylamine groups is 1. The van der Waals surface area contributed by atoms with E-state index in [1.54, 1.807) is 7.11 Å². The van der Waals surface area contributed by atoms with E-state index >= 15 is 0 Å². The first kappa shape index (κ1) is 9.44. The van der Waals surface area contributed by atoms with Crippen molar-refractivity contribution < 1.29 is 4.84 Å². The van der Waals surface area contributed by atoms with Crippen LogP contribution in [0.5, 0.6) is 0 Å². The van der Waals surface area contributed by atoms with Crippen LogP contribution in [0.3, 0.4) is 0 Å². The van der Waals surface area contributed by atoms with Crippen molar-refractivity contribution in [2.24, 2.45) is 0 Å². The molecule has 2 saturated heterocycles. The van der Waals surface area contributed by atoms with E-state index in [-0.39, 0.29) is 0 Å². The highest BCUT2D eigenvalue weighted by atomic mass is 16.6. The lowest BCUT2D eigenvalue weighted by atomic mass is 9.90. The average molecular weight is 184 g/mol. The van der Waals surface area contributed by atoms with Crippen LogP contribution in [-0.2, 0) is 4.84 Å². The number of hydrogen-bond donors (Lipinski definition) is 1. The minimum atomic E-state index is 0.510. The minimum Gasteiger partial charge on any atom is -0.305 e. The molecule has 2 aliphatic rings. The summed E-state index contributed by atoms with van der Waals surface area (Å²) in [6, 6.07) is 0.547. The van der Waals surface area contributed by atoms with Crippen molar-refractivity contribution in [2.45, 2.75) is 44.2 Å².